The predicted octanol–water partition coefficient (Wildman–Crippen LogP) is 2.86. The molecule has 0 radical (unpaired) electrons. The van der Waals surface area contributed by atoms with E-state index in [0.717, 1.165) is 16.0 Å². The van der Waals surface area contributed by atoms with Gasteiger partial charge in [-0.1, -0.05) is 72.3 Å². The molecule has 0 aromatic heterocycles. The molecule has 3 aromatic carbocycles. The van der Waals surface area contributed by atoms with Crippen LogP contribution in [0.1, 0.15) is 22.7 Å². The van der Waals surface area contributed by atoms with Crippen LogP contribution in [0.25, 0.3) is 0 Å². The van der Waals surface area contributed by atoms with Crippen molar-refractivity contribution in [3.63, 3.8) is 0 Å². The summed E-state index contributed by atoms with van der Waals surface area (Å²) < 4.78 is 0. The average Bonchev–Trinajstić information content (AvgIpc) is 2.75. The summed E-state index contributed by atoms with van der Waals surface area (Å²) in [6, 6.07) is 26.0. The van der Waals surface area contributed by atoms with Crippen molar-refractivity contribution in [2.75, 3.05) is 17.6 Å². The van der Waals surface area contributed by atoms with Gasteiger partial charge in [0, 0.05) is 16.0 Å². The van der Waals surface area contributed by atoms with E-state index in [0.29, 0.717) is 5.69 Å². The van der Waals surface area contributed by atoms with Crippen LogP contribution in [-0.2, 0) is 9.59 Å². The predicted molar refractivity (Wildman–Crippen MR) is 121 cm³/mol. The quantitative estimate of drug-likeness (QED) is 0.465. The second kappa shape index (κ2) is 10.6. The molecular formula is C24H26N3O2S+. The fourth-order valence-electron chi connectivity index (χ4n) is 3.17. The van der Waals surface area contributed by atoms with E-state index in [4.69, 9.17) is 5.73 Å². The first-order valence-corrected chi connectivity index (χ1v) is 10.8. The number of nitrogens with one attached hydrogen (secondary N) is 1. The lowest BCUT2D eigenvalue weighted by Gasteiger charge is -2.17. The van der Waals surface area contributed by atoms with Crippen LogP contribution in [0.4, 0.5) is 5.69 Å². The SMILES string of the molecule is Cc1ccc([C@H]([NH2+]CC(=O)Nc2ccccc2SCC(N)=O)c2ccccc2)cc1. The Balaban J connectivity index is 1.69. The summed E-state index contributed by atoms with van der Waals surface area (Å²) in [5.41, 5.74) is 9.43. The Labute approximate surface area is 181 Å². The number of primary amides is 1. The Kier molecular flexibility index (Phi) is 7.65. The molecule has 3 rings (SSSR count). The Morgan fingerprint density at radius 2 is 1.57 bits per heavy atom. The maximum absolute atomic E-state index is 12.7. The number of quaternary nitrogens is 1. The number of hydrogen-bond donors (Lipinski definition) is 3. The molecule has 5 nitrogen and oxygen atoms in total. The zero-order valence-corrected chi connectivity index (χ0v) is 17.7. The van der Waals surface area contributed by atoms with Gasteiger partial charge in [0.2, 0.25) is 5.91 Å². The molecule has 0 unspecified atom stereocenters. The molecule has 5 N–H and O–H groups in total. The fourth-order valence-corrected chi connectivity index (χ4v) is 3.92. The molecule has 0 aliphatic rings. The van der Waals surface area contributed by atoms with Crippen LogP contribution < -0.4 is 16.4 Å². The minimum Gasteiger partial charge on any atom is -0.369 e. The molecule has 1 atom stereocenters. The number of anilines is 1. The first-order valence-electron chi connectivity index (χ1n) is 9.78. The number of nitrogens with two attached hydrogens (primary N) is 2. The van der Waals surface area contributed by atoms with Crippen molar-refractivity contribution in [1.82, 2.24) is 0 Å². The minimum absolute atomic E-state index is 0.0250. The Hall–Kier alpha value is -3.09. The van der Waals surface area contributed by atoms with E-state index in [9.17, 15) is 9.59 Å². The molecule has 0 bridgehead atoms. The molecule has 0 saturated carbocycles. The molecule has 0 aliphatic heterocycles. The number of benzene rings is 3. The van der Waals surface area contributed by atoms with Gasteiger partial charge in [-0.25, -0.2) is 0 Å². The zero-order valence-electron chi connectivity index (χ0n) is 16.9. The van der Waals surface area contributed by atoms with Crippen molar-refractivity contribution in [3.8, 4) is 0 Å². The van der Waals surface area contributed by atoms with Crippen molar-refractivity contribution in [2.45, 2.75) is 17.9 Å². The minimum atomic E-state index is -0.390. The van der Waals surface area contributed by atoms with E-state index in [1.165, 1.54) is 17.3 Å². The molecule has 3 aromatic rings. The van der Waals surface area contributed by atoms with E-state index in [1.54, 1.807) is 0 Å². The van der Waals surface area contributed by atoms with Crippen molar-refractivity contribution in [3.05, 3.63) is 95.6 Å². The van der Waals surface area contributed by atoms with Gasteiger partial charge in [0.15, 0.2) is 6.54 Å². The number of para-hydroxylation sites is 1. The normalized spacial score (nSPS) is 11.6. The van der Waals surface area contributed by atoms with Crippen LogP contribution in [0.15, 0.2) is 83.8 Å². The van der Waals surface area contributed by atoms with Crippen LogP contribution in [-0.4, -0.2) is 24.1 Å². The molecule has 6 heteroatoms. The lowest BCUT2D eigenvalue weighted by Crippen LogP contribution is -2.87. The van der Waals surface area contributed by atoms with E-state index >= 15 is 0 Å². The third-order valence-electron chi connectivity index (χ3n) is 4.67. The third kappa shape index (κ3) is 6.20. The number of carbonyl (C=O) groups excluding carboxylic acids is 2. The molecule has 0 fully saturated rings. The summed E-state index contributed by atoms with van der Waals surface area (Å²) in [5.74, 6) is -0.323. The summed E-state index contributed by atoms with van der Waals surface area (Å²) in [7, 11) is 0. The topological polar surface area (TPSA) is 88.8 Å². The van der Waals surface area contributed by atoms with Gasteiger partial charge in [0.1, 0.15) is 6.04 Å². The second-order valence-electron chi connectivity index (χ2n) is 7.04. The fraction of sp³-hybridized carbons (Fsp3) is 0.167. The van der Waals surface area contributed by atoms with Gasteiger partial charge in [0.05, 0.1) is 11.4 Å². The Morgan fingerprint density at radius 1 is 0.933 bits per heavy atom. The standard InChI is InChI=1S/C24H25N3O2S/c1-17-11-13-19(14-12-17)24(18-7-3-2-4-8-18)26-15-23(29)27-20-9-5-6-10-21(20)30-16-22(25)28/h2-14,24,26H,15-16H2,1H3,(H2,25,28)(H,27,29)/p+1/t24-/m1/s1. The summed E-state index contributed by atoms with van der Waals surface area (Å²) in [6.45, 7) is 2.33. The van der Waals surface area contributed by atoms with Gasteiger partial charge in [-0.15, -0.1) is 11.8 Å². The number of rotatable bonds is 9. The summed E-state index contributed by atoms with van der Waals surface area (Å²) in [6.07, 6.45) is 0. The highest BCUT2D eigenvalue weighted by molar-refractivity contribution is 8.00. The van der Waals surface area contributed by atoms with Gasteiger partial charge >= 0.3 is 0 Å². The number of aryl methyl sites for hydroxylation is 1. The second-order valence-corrected chi connectivity index (χ2v) is 8.06. The van der Waals surface area contributed by atoms with Crippen LogP contribution >= 0.6 is 11.8 Å². The maximum Gasteiger partial charge on any atom is 0.279 e. The number of thioether (sulfide) groups is 1. The molecular weight excluding hydrogens is 394 g/mol. The van der Waals surface area contributed by atoms with Gasteiger partial charge in [-0.3, -0.25) is 9.59 Å². The molecule has 0 heterocycles. The van der Waals surface area contributed by atoms with E-state index in [2.05, 4.69) is 48.6 Å². The first kappa shape index (κ1) is 21.6. The average molecular weight is 421 g/mol. The largest absolute Gasteiger partial charge is 0.369 e. The molecule has 2 amide bonds. The van der Waals surface area contributed by atoms with E-state index in [-0.39, 0.29) is 24.2 Å². The van der Waals surface area contributed by atoms with Gasteiger partial charge in [-0.2, -0.15) is 0 Å². The van der Waals surface area contributed by atoms with Crippen molar-refractivity contribution < 1.29 is 14.9 Å². The lowest BCUT2D eigenvalue weighted by molar-refractivity contribution is -0.676. The van der Waals surface area contributed by atoms with Crippen molar-refractivity contribution in [1.29, 1.82) is 0 Å². The molecule has 154 valence electrons. The summed E-state index contributed by atoms with van der Waals surface area (Å²) in [5, 5.41) is 4.99. The van der Waals surface area contributed by atoms with Crippen LogP contribution in [0.5, 0.6) is 0 Å². The highest BCUT2D eigenvalue weighted by Gasteiger charge is 2.19. The monoisotopic (exact) mass is 420 g/mol. The van der Waals surface area contributed by atoms with Gasteiger partial charge < -0.3 is 16.4 Å². The Bertz CT molecular complexity index is 991. The van der Waals surface area contributed by atoms with Gasteiger partial charge in [0.25, 0.3) is 5.91 Å². The van der Waals surface area contributed by atoms with E-state index in [1.807, 2.05) is 47.8 Å². The van der Waals surface area contributed by atoms with Gasteiger partial charge in [-0.05, 0) is 19.1 Å². The van der Waals surface area contributed by atoms with Crippen LogP contribution in [0, 0.1) is 6.92 Å². The molecule has 0 saturated heterocycles. The molecule has 0 spiro atoms. The zero-order chi connectivity index (χ0) is 21.3. The lowest BCUT2D eigenvalue weighted by atomic mass is 9.98. The van der Waals surface area contributed by atoms with Crippen molar-refractivity contribution in [2.24, 2.45) is 5.73 Å². The van der Waals surface area contributed by atoms with Crippen LogP contribution in [0.3, 0.4) is 0 Å². The Morgan fingerprint density at radius 3 is 2.27 bits per heavy atom. The van der Waals surface area contributed by atoms with Crippen LogP contribution in [0.2, 0.25) is 0 Å². The van der Waals surface area contributed by atoms with E-state index < -0.39 is 5.91 Å². The summed E-state index contributed by atoms with van der Waals surface area (Å²) in [4.78, 5) is 24.6. The number of amides is 2. The number of carbonyl (C=O) groups is 2. The third-order valence-corrected chi connectivity index (χ3v) is 5.76. The molecule has 30 heavy (non-hydrogen) atoms. The van der Waals surface area contributed by atoms with Crippen molar-refractivity contribution >= 4 is 29.3 Å². The molecule has 0 aliphatic carbocycles. The smallest absolute Gasteiger partial charge is 0.279 e. The maximum atomic E-state index is 12.7. The highest BCUT2D eigenvalue weighted by Crippen LogP contribution is 2.26. The highest BCUT2D eigenvalue weighted by atomic mass is 32.2. The summed E-state index contributed by atoms with van der Waals surface area (Å²) >= 11 is 1.32. The first-order chi connectivity index (χ1) is 14.5. The number of hydrogen-bond acceptors (Lipinski definition) is 3.